The Labute approximate surface area is 310 Å². The fourth-order valence-corrected chi connectivity index (χ4v) is 9.02. The number of aromatic nitrogens is 1. The van der Waals surface area contributed by atoms with Gasteiger partial charge in [0, 0.05) is 17.3 Å². The fraction of sp³-hybridized carbons (Fsp3) is 0.658. The standard InChI is InChI=1S/C38H53N5O9S/c1-7-23-19-38(23,34(47)42-53(49,50)25-14-15-25)41-31(44)29-17-24-20-43(29)32(45)30(36(2,3)4)40-35(48)51-21-37(5,6)16-9-8-11-22-12-10-13-27-26(22)18-28(39-27)33(46)52-24/h10,12-13,18,23-25,29-30,39H,7-9,11,14-17,19-21H2,1-6H3,(H,40,48)(H,41,44)(H,42,47)/t23-,24+,29-,30+,38+/m0/s1. The molecule has 0 spiro atoms. The Morgan fingerprint density at radius 1 is 1.09 bits per heavy atom. The summed E-state index contributed by atoms with van der Waals surface area (Å²) in [6.45, 7) is 11.2. The molecule has 1 saturated heterocycles. The molecule has 2 aliphatic heterocycles. The number of esters is 1. The Balaban J connectivity index is 1.31. The number of aromatic amines is 1. The van der Waals surface area contributed by atoms with Gasteiger partial charge in [0.1, 0.15) is 29.4 Å². The van der Waals surface area contributed by atoms with Crippen molar-refractivity contribution in [1.82, 2.24) is 25.2 Å². The largest absolute Gasteiger partial charge is 0.456 e. The number of nitrogens with zero attached hydrogens (tertiary/aromatic N) is 1. The Bertz CT molecular complexity index is 1900. The number of benzene rings is 1. The van der Waals surface area contributed by atoms with E-state index in [1.165, 1.54) is 4.90 Å². The molecule has 2 aromatic rings. The van der Waals surface area contributed by atoms with E-state index in [2.05, 4.69) is 20.3 Å². The Morgan fingerprint density at radius 2 is 1.83 bits per heavy atom. The summed E-state index contributed by atoms with van der Waals surface area (Å²) in [5, 5.41) is 5.83. The van der Waals surface area contributed by atoms with Crippen LogP contribution in [0, 0.1) is 16.7 Å². The van der Waals surface area contributed by atoms with Crippen LogP contribution in [0.5, 0.6) is 0 Å². The number of hydrogen-bond donors (Lipinski definition) is 4. The van der Waals surface area contributed by atoms with E-state index in [4.69, 9.17) is 9.47 Å². The van der Waals surface area contributed by atoms with Gasteiger partial charge < -0.3 is 30.0 Å². The van der Waals surface area contributed by atoms with Gasteiger partial charge in [0.15, 0.2) is 0 Å². The van der Waals surface area contributed by atoms with E-state index in [1.54, 1.807) is 26.8 Å². The van der Waals surface area contributed by atoms with Crippen molar-refractivity contribution in [2.45, 2.75) is 128 Å². The van der Waals surface area contributed by atoms with Gasteiger partial charge in [-0.2, -0.15) is 0 Å². The third kappa shape index (κ3) is 8.34. The number of amides is 4. The summed E-state index contributed by atoms with van der Waals surface area (Å²) < 4.78 is 39.2. The number of ether oxygens (including phenoxy) is 2. The van der Waals surface area contributed by atoms with Crippen molar-refractivity contribution in [1.29, 1.82) is 0 Å². The second-order valence-corrected chi connectivity index (χ2v) is 19.1. The maximum absolute atomic E-state index is 14.5. The molecule has 14 nitrogen and oxygen atoms in total. The molecule has 5 atom stereocenters. The summed E-state index contributed by atoms with van der Waals surface area (Å²) in [5.74, 6) is -3.03. The molecule has 3 heterocycles. The average molecular weight is 756 g/mol. The number of sulfonamides is 1. The third-order valence-corrected chi connectivity index (χ3v) is 13.0. The van der Waals surface area contributed by atoms with Crippen LogP contribution in [0.25, 0.3) is 10.9 Å². The van der Waals surface area contributed by atoms with Gasteiger partial charge in [-0.05, 0) is 73.0 Å². The minimum absolute atomic E-state index is 0.0842. The van der Waals surface area contributed by atoms with Gasteiger partial charge in [0.2, 0.25) is 21.8 Å². The molecular weight excluding hydrogens is 703 g/mol. The predicted octanol–water partition coefficient (Wildman–Crippen LogP) is 4.08. The van der Waals surface area contributed by atoms with Crippen molar-refractivity contribution in [2.75, 3.05) is 13.2 Å². The van der Waals surface area contributed by atoms with Crippen LogP contribution >= 0.6 is 0 Å². The number of H-pyrrole nitrogens is 1. The van der Waals surface area contributed by atoms with Gasteiger partial charge in [0.25, 0.3) is 5.91 Å². The van der Waals surface area contributed by atoms with E-state index < -0.39 is 74.2 Å². The lowest BCUT2D eigenvalue weighted by Gasteiger charge is -2.35. The Kier molecular flexibility index (Phi) is 10.4. The number of alkyl carbamates (subject to hydrolysis) is 1. The minimum Gasteiger partial charge on any atom is -0.456 e. The highest BCUT2D eigenvalue weighted by Crippen LogP contribution is 2.47. The summed E-state index contributed by atoms with van der Waals surface area (Å²) in [7, 11) is -3.88. The van der Waals surface area contributed by atoms with Gasteiger partial charge in [0.05, 0.1) is 18.4 Å². The first-order valence-corrected chi connectivity index (χ1v) is 20.3. The first-order chi connectivity index (χ1) is 24.8. The van der Waals surface area contributed by atoms with E-state index >= 15 is 0 Å². The van der Waals surface area contributed by atoms with Crippen LogP contribution in [0.4, 0.5) is 4.79 Å². The lowest BCUT2D eigenvalue weighted by molar-refractivity contribution is -0.143. The number of fused-ring (bicyclic) bond motifs is 3. The van der Waals surface area contributed by atoms with Crippen LogP contribution in [-0.2, 0) is 40.3 Å². The lowest BCUT2D eigenvalue weighted by atomic mass is 9.85. The van der Waals surface area contributed by atoms with E-state index in [0.717, 1.165) is 42.1 Å². The molecule has 2 aliphatic carbocycles. The second kappa shape index (κ2) is 14.3. The molecule has 4 aliphatic rings. The number of carbonyl (C=O) groups excluding carboxylic acids is 5. The number of aryl methyl sites for hydroxylation is 1. The minimum atomic E-state index is -3.88. The van der Waals surface area contributed by atoms with Gasteiger partial charge in [-0.25, -0.2) is 18.0 Å². The molecule has 3 fully saturated rings. The molecule has 290 valence electrons. The van der Waals surface area contributed by atoms with E-state index in [9.17, 15) is 32.4 Å². The quantitative estimate of drug-likeness (QED) is 0.315. The van der Waals surface area contributed by atoms with E-state index in [-0.39, 0.29) is 43.0 Å². The SMILES string of the molecule is CC[C@H]1C[C@]1(NC(=O)[C@@H]1C[C@@H]2CN1C(=O)[C@H](C(C)(C)C)NC(=O)OCC(C)(C)CCCCc1cccc3[nH]c(cc13)C(=O)O2)C(=O)NS(=O)(=O)C1CC1. The van der Waals surface area contributed by atoms with E-state index in [0.29, 0.717) is 19.3 Å². The summed E-state index contributed by atoms with van der Waals surface area (Å²) in [5.41, 5.74) is -0.529. The number of nitrogens with one attached hydrogen (secondary N) is 4. The van der Waals surface area contributed by atoms with Gasteiger partial charge in [-0.1, -0.05) is 66.5 Å². The lowest BCUT2D eigenvalue weighted by Crippen LogP contribution is -2.60. The zero-order valence-corrected chi connectivity index (χ0v) is 32.3. The van der Waals surface area contributed by atoms with Crippen molar-refractivity contribution in [2.24, 2.45) is 16.7 Å². The number of cyclic esters (lactones) is 1. The van der Waals surface area contributed by atoms with Gasteiger partial charge in [-0.3, -0.25) is 19.1 Å². The summed E-state index contributed by atoms with van der Waals surface area (Å²) in [6, 6.07) is 5.29. The summed E-state index contributed by atoms with van der Waals surface area (Å²) in [4.78, 5) is 73.5. The van der Waals surface area contributed by atoms with Crippen LogP contribution in [0.3, 0.4) is 0 Å². The molecule has 15 heteroatoms. The number of carbonyl (C=O) groups is 5. The molecule has 6 rings (SSSR count). The zero-order valence-electron chi connectivity index (χ0n) is 31.5. The molecule has 53 heavy (non-hydrogen) atoms. The monoisotopic (exact) mass is 755 g/mol. The van der Waals surface area contributed by atoms with Crippen molar-refractivity contribution < 1.29 is 41.9 Å². The third-order valence-electron chi connectivity index (χ3n) is 11.2. The maximum atomic E-state index is 14.5. The fourth-order valence-electron chi connectivity index (χ4n) is 7.66. The maximum Gasteiger partial charge on any atom is 0.407 e. The molecule has 4 amide bonds. The molecular formula is C38H53N5O9S. The normalized spacial score (nSPS) is 28.5. The molecule has 1 aromatic heterocycles. The Hall–Kier alpha value is -4.14. The molecule has 0 unspecified atom stereocenters. The van der Waals surface area contributed by atoms with Crippen molar-refractivity contribution in [3.63, 3.8) is 0 Å². The number of hydrogen-bond acceptors (Lipinski definition) is 9. The zero-order chi connectivity index (χ0) is 38.5. The highest BCUT2D eigenvalue weighted by Gasteiger charge is 2.62. The second-order valence-electron chi connectivity index (χ2n) is 17.2. The van der Waals surface area contributed by atoms with Crippen LogP contribution in [0.15, 0.2) is 24.3 Å². The van der Waals surface area contributed by atoms with E-state index in [1.807, 2.05) is 39.0 Å². The molecule has 2 saturated carbocycles. The smallest absolute Gasteiger partial charge is 0.407 e. The highest BCUT2D eigenvalue weighted by atomic mass is 32.2. The summed E-state index contributed by atoms with van der Waals surface area (Å²) in [6.07, 6.45) is 3.26. The average Bonchev–Trinajstić information content (AvgIpc) is 3.97. The molecule has 4 N–H and O–H groups in total. The molecule has 4 bridgehead atoms. The first kappa shape index (κ1) is 38.6. The first-order valence-electron chi connectivity index (χ1n) is 18.8. The van der Waals surface area contributed by atoms with Gasteiger partial charge >= 0.3 is 12.1 Å². The van der Waals surface area contributed by atoms with Crippen LogP contribution in [0.2, 0.25) is 0 Å². The van der Waals surface area contributed by atoms with Crippen LogP contribution < -0.4 is 15.4 Å². The number of rotatable bonds is 6. The van der Waals surface area contributed by atoms with Crippen molar-refractivity contribution in [3.8, 4) is 0 Å². The molecule has 1 aromatic carbocycles. The summed E-state index contributed by atoms with van der Waals surface area (Å²) >= 11 is 0. The topological polar surface area (TPSA) is 193 Å². The van der Waals surface area contributed by atoms with Crippen molar-refractivity contribution in [3.05, 3.63) is 35.5 Å². The van der Waals surface area contributed by atoms with Gasteiger partial charge in [-0.15, -0.1) is 0 Å². The predicted molar refractivity (Wildman–Crippen MR) is 196 cm³/mol. The Morgan fingerprint density at radius 3 is 2.49 bits per heavy atom. The van der Waals surface area contributed by atoms with Crippen molar-refractivity contribution >= 4 is 50.7 Å². The van der Waals surface area contributed by atoms with Crippen LogP contribution in [-0.4, -0.2) is 90.2 Å². The molecule has 0 radical (unpaired) electrons. The van der Waals surface area contributed by atoms with Crippen LogP contribution in [0.1, 0.15) is 109 Å². The highest BCUT2D eigenvalue weighted by molar-refractivity contribution is 7.91.